The van der Waals surface area contributed by atoms with E-state index in [2.05, 4.69) is 29.2 Å². The normalized spacial score (nSPS) is 30.9. The maximum atomic E-state index is 10.4. The number of carbonyl (C=O) groups is 1. The average molecular weight is 235 g/mol. The van der Waals surface area contributed by atoms with Crippen LogP contribution in [0, 0.1) is 11.8 Å². The molecule has 0 bridgehead atoms. The molecule has 0 spiro atoms. The van der Waals surface area contributed by atoms with Crippen molar-refractivity contribution in [1.29, 1.82) is 0 Å². The summed E-state index contributed by atoms with van der Waals surface area (Å²) in [5.74, 6) is 5.08. The summed E-state index contributed by atoms with van der Waals surface area (Å²) in [6.07, 6.45) is -1.01. The Bertz CT molecular complexity index is 408. The van der Waals surface area contributed by atoms with Gasteiger partial charge in [0.25, 0.3) is 0 Å². The lowest BCUT2D eigenvalue weighted by Crippen LogP contribution is -2.06. The Morgan fingerprint density at radius 3 is 2.44 bits per heavy atom. The largest absolute Gasteiger partial charge is 0.465 e. The molecule has 1 aliphatic heterocycles. The topological polar surface area (TPSA) is 49.3 Å². The van der Waals surface area contributed by atoms with Gasteiger partial charge in [0.05, 0.1) is 0 Å². The van der Waals surface area contributed by atoms with E-state index in [-0.39, 0.29) is 0 Å². The molecule has 84 valence electrons. The number of benzene rings is 1. The molecule has 2 N–H and O–H groups in total. The first-order valence-corrected chi connectivity index (χ1v) is 6.59. The quantitative estimate of drug-likeness (QED) is 0.828. The van der Waals surface area contributed by atoms with Crippen molar-refractivity contribution in [3.05, 3.63) is 29.8 Å². The molecular formula is C12H13NO2S. The van der Waals surface area contributed by atoms with Crippen LogP contribution in [0.3, 0.4) is 0 Å². The molecule has 1 aromatic rings. The van der Waals surface area contributed by atoms with Gasteiger partial charge in [-0.1, -0.05) is 12.1 Å². The van der Waals surface area contributed by atoms with E-state index in [1.807, 2.05) is 12.1 Å². The van der Waals surface area contributed by atoms with Gasteiger partial charge in [0.2, 0.25) is 0 Å². The van der Waals surface area contributed by atoms with Crippen molar-refractivity contribution in [1.82, 2.24) is 0 Å². The Balaban J connectivity index is 1.71. The van der Waals surface area contributed by atoms with Gasteiger partial charge >= 0.3 is 6.09 Å². The summed E-state index contributed by atoms with van der Waals surface area (Å²) in [4.78, 5) is 10.4. The summed E-state index contributed by atoms with van der Waals surface area (Å²) in [7, 11) is 0. The Morgan fingerprint density at radius 2 is 1.88 bits per heavy atom. The van der Waals surface area contributed by atoms with E-state index in [1.54, 1.807) is 0 Å². The standard InChI is InChI=1S/C12H13NO2S/c14-12(15)13-8-3-1-7(2-4-8)11-9-5-16-6-10(9)11/h1-4,9-11,13H,5-6H2,(H,14,15). The van der Waals surface area contributed by atoms with Crippen LogP contribution in [0.5, 0.6) is 0 Å². The minimum Gasteiger partial charge on any atom is -0.465 e. The first-order valence-electron chi connectivity index (χ1n) is 5.43. The van der Waals surface area contributed by atoms with E-state index in [1.165, 1.54) is 17.1 Å². The fourth-order valence-electron chi connectivity index (χ4n) is 2.65. The van der Waals surface area contributed by atoms with Crippen molar-refractivity contribution in [2.75, 3.05) is 16.8 Å². The molecule has 1 amide bonds. The predicted octanol–water partition coefficient (Wildman–Crippen LogP) is 2.85. The van der Waals surface area contributed by atoms with Gasteiger partial charge in [0, 0.05) is 5.69 Å². The van der Waals surface area contributed by atoms with Gasteiger partial charge in [-0.2, -0.15) is 11.8 Å². The Kier molecular flexibility index (Phi) is 2.32. The molecule has 2 atom stereocenters. The highest BCUT2D eigenvalue weighted by Gasteiger charge is 2.53. The predicted molar refractivity (Wildman–Crippen MR) is 65.1 cm³/mol. The molecule has 1 aromatic carbocycles. The summed E-state index contributed by atoms with van der Waals surface area (Å²) in [5, 5.41) is 10.9. The number of nitrogens with one attached hydrogen (secondary N) is 1. The third-order valence-corrected chi connectivity index (χ3v) is 4.74. The average Bonchev–Trinajstić information content (AvgIpc) is 2.73. The number of thioether (sulfide) groups is 1. The van der Waals surface area contributed by atoms with Gasteiger partial charge in [-0.25, -0.2) is 4.79 Å². The third-order valence-electron chi connectivity index (χ3n) is 3.50. The van der Waals surface area contributed by atoms with Crippen LogP contribution < -0.4 is 5.32 Å². The molecule has 0 aromatic heterocycles. The van der Waals surface area contributed by atoms with Gasteiger partial charge in [0.1, 0.15) is 0 Å². The lowest BCUT2D eigenvalue weighted by Gasteiger charge is -2.05. The van der Waals surface area contributed by atoms with Gasteiger partial charge in [0.15, 0.2) is 0 Å². The van der Waals surface area contributed by atoms with E-state index < -0.39 is 6.09 Å². The Morgan fingerprint density at radius 1 is 1.25 bits per heavy atom. The second-order valence-corrected chi connectivity index (χ2v) is 5.52. The maximum absolute atomic E-state index is 10.4. The Hall–Kier alpha value is -1.16. The van der Waals surface area contributed by atoms with Gasteiger partial charge in [-0.05, 0) is 47.0 Å². The second-order valence-electron chi connectivity index (χ2n) is 4.44. The molecular weight excluding hydrogens is 222 g/mol. The number of fused-ring (bicyclic) bond motifs is 1. The molecule has 0 radical (unpaired) electrons. The zero-order chi connectivity index (χ0) is 11.1. The first-order chi connectivity index (χ1) is 7.75. The molecule has 4 heteroatoms. The lowest BCUT2D eigenvalue weighted by atomic mass is 10.1. The molecule has 3 rings (SSSR count). The van der Waals surface area contributed by atoms with Crippen molar-refractivity contribution in [3.63, 3.8) is 0 Å². The van der Waals surface area contributed by atoms with Crippen LogP contribution in [0.4, 0.5) is 10.5 Å². The number of hydrogen-bond acceptors (Lipinski definition) is 2. The highest BCUT2D eigenvalue weighted by Crippen LogP contribution is 2.60. The summed E-state index contributed by atoms with van der Waals surface area (Å²) < 4.78 is 0. The van der Waals surface area contributed by atoms with E-state index >= 15 is 0 Å². The van der Waals surface area contributed by atoms with Crippen LogP contribution in [0.15, 0.2) is 24.3 Å². The van der Waals surface area contributed by atoms with Crippen LogP contribution in [0.1, 0.15) is 11.5 Å². The molecule has 1 heterocycles. The number of rotatable bonds is 2. The van der Waals surface area contributed by atoms with Crippen molar-refractivity contribution >= 4 is 23.5 Å². The monoisotopic (exact) mass is 235 g/mol. The first kappa shape index (κ1) is 10.0. The van der Waals surface area contributed by atoms with Crippen LogP contribution in [-0.2, 0) is 0 Å². The smallest absolute Gasteiger partial charge is 0.409 e. The highest BCUT2D eigenvalue weighted by molar-refractivity contribution is 7.99. The maximum Gasteiger partial charge on any atom is 0.409 e. The zero-order valence-electron chi connectivity index (χ0n) is 8.72. The van der Waals surface area contributed by atoms with Crippen LogP contribution in [0.2, 0.25) is 0 Å². The van der Waals surface area contributed by atoms with E-state index in [4.69, 9.17) is 5.11 Å². The molecule has 1 saturated carbocycles. The molecule has 2 aliphatic rings. The number of hydrogen-bond donors (Lipinski definition) is 2. The van der Waals surface area contributed by atoms with Gasteiger partial charge < -0.3 is 5.11 Å². The van der Waals surface area contributed by atoms with Crippen molar-refractivity contribution in [2.45, 2.75) is 5.92 Å². The molecule has 2 unspecified atom stereocenters. The van der Waals surface area contributed by atoms with Crippen molar-refractivity contribution in [2.24, 2.45) is 11.8 Å². The minimum atomic E-state index is -1.01. The van der Waals surface area contributed by atoms with E-state index in [0.29, 0.717) is 5.69 Å². The van der Waals surface area contributed by atoms with E-state index in [0.717, 1.165) is 17.8 Å². The minimum absolute atomic E-state index is 0.649. The zero-order valence-corrected chi connectivity index (χ0v) is 9.54. The van der Waals surface area contributed by atoms with Crippen molar-refractivity contribution < 1.29 is 9.90 Å². The Labute approximate surface area is 98.2 Å². The molecule has 3 nitrogen and oxygen atoms in total. The third kappa shape index (κ3) is 1.67. The lowest BCUT2D eigenvalue weighted by molar-refractivity contribution is 0.210. The van der Waals surface area contributed by atoms with Crippen LogP contribution >= 0.6 is 11.8 Å². The SMILES string of the molecule is O=C(O)Nc1ccc(C2C3CSCC32)cc1. The van der Waals surface area contributed by atoms with Gasteiger partial charge in [-0.3, -0.25) is 5.32 Å². The fraction of sp³-hybridized carbons (Fsp3) is 0.417. The fourth-order valence-corrected chi connectivity index (χ4v) is 4.24. The van der Waals surface area contributed by atoms with E-state index in [9.17, 15) is 4.79 Å². The molecule has 16 heavy (non-hydrogen) atoms. The number of anilines is 1. The van der Waals surface area contributed by atoms with Gasteiger partial charge in [-0.15, -0.1) is 0 Å². The molecule has 2 fully saturated rings. The number of carboxylic acid groups (broad SMARTS) is 1. The summed E-state index contributed by atoms with van der Waals surface area (Å²) >= 11 is 2.05. The summed E-state index contributed by atoms with van der Waals surface area (Å²) in [6.45, 7) is 0. The summed E-state index contributed by atoms with van der Waals surface area (Å²) in [6, 6.07) is 7.81. The molecule has 1 saturated heterocycles. The van der Waals surface area contributed by atoms with Crippen LogP contribution in [0.25, 0.3) is 0 Å². The summed E-state index contributed by atoms with van der Waals surface area (Å²) in [5.41, 5.74) is 2.02. The second kappa shape index (κ2) is 3.70. The number of amides is 1. The highest BCUT2D eigenvalue weighted by atomic mass is 32.2. The molecule has 1 aliphatic carbocycles. The van der Waals surface area contributed by atoms with Crippen molar-refractivity contribution in [3.8, 4) is 0 Å². The van der Waals surface area contributed by atoms with Crippen LogP contribution in [-0.4, -0.2) is 22.7 Å².